The number of aliphatic hydroxyl groups excluding tert-OH is 1. The fourth-order valence-corrected chi connectivity index (χ4v) is 3.73. The molecule has 6 heteroatoms. The summed E-state index contributed by atoms with van der Waals surface area (Å²) < 4.78 is 36.8. The third kappa shape index (κ3) is 6.05. The molecule has 1 aliphatic heterocycles. The van der Waals surface area contributed by atoms with Crippen molar-refractivity contribution in [1.29, 1.82) is 0 Å². The second-order valence-electron chi connectivity index (χ2n) is 6.83. The molecule has 0 bridgehead atoms. The van der Waals surface area contributed by atoms with Crippen molar-refractivity contribution >= 4 is 0 Å². The average Bonchev–Trinajstić information content (AvgIpc) is 2.71. The second-order valence-corrected chi connectivity index (χ2v) is 6.83. The minimum absolute atomic E-state index is 0.124. The molecule has 0 radical (unpaired) electrons. The number of hydrogen-bond donors (Lipinski definition) is 2. The van der Waals surface area contributed by atoms with Crippen molar-refractivity contribution in [2.75, 3.05) is 26.2 Å². The molecule has 2 aliphatic rings. The van der Waals surface area contributed by atoms with Crippen molar-refractivity contribution in [2.45, 2.75) is 69.6 Å². The first-order valence-corrected chi connectivity index (χ1v) is 8.64. The van der Waals surface area contributed by atoms with Crippen LogP contribution in [-0.4, -0.2) is 54.5 Å². The van der Waals surface area contributed by atoms with Crippen LogP contribution in [0.1, 0.15) is 51.4 Å². The molecular formula is C16H29F3N2O. The van der Waals surface area contributed by atoms with E-state index in [0.717, 1.165) is 38.8 Å². The highest BCUT2D eigenvalue weighted by atomic mass is 19.4. The van der Waals surface area contributed by atoms with Crippen LogP contribution in [0.2, 0.25) is 0 Å². The maximum Gasteiger partial charge on any atom is 0.390 e. The van der Waals surface area contributed by atoms with Crippen LogP contribution in [0.15, 0.2) is 0 Å². The predicted octanol–water partition coefficient (Wildman–Crippen LogP) is 2.93. The Morgan fingerprint density at radius 2 is 1.68 bits per heavy atom. The minimum Gasteiger partial charge on any atom is -0.396 e. The summed E-state index contributed by atoms with van der Waals surface area (Å²) in [6.07, 6.45) is 2.89. The van der Waals surface area contributed by atoms with Crippen LogP contribution in [0.5, 0.6) is 0 Å². The van der Waals surface area contributed by atoms with Gasteiger partial charge in [0, 0.05) is 25.2 Å². The van der Waals surface area contributed by atoms with Crippen molar-refractivity contribution < 1.29 is 18.3 Å². The maximum absolute atomic E-state index is 12.3. The maximum atomic E-state index is 12.3. The summed E-state index contributed by atoms with van der Waals surface area (Å²) in [5, 5.41) is 13.2. The van der Waals surface area contributed by atoms with Gasteiger partial charge < -0.3 is 15.3 Å². The Bertz CT molecular complexity index is 317. The fourth-order valence-electron chi connectivity index (χ4n) is 3.73. The predicted molar refractivity (Wildman–Crippen MR) is 80.7 cm³/mol. The zero-order valence-electron chi connectivity index (χ0n) is 13.2. The molecule has 1 saturated heterocycles. The molecule has 0 spiro atoms. The molecular weight excluding hydrogens is 293 g/mol. The van der Waals surface area contributed by atoms with E-state index in [-0.39, 0.29) is 13.2 Å². The van der Waals surface area contributed by atoms with Gasteiger partial charge in [0.05, 0.1) is 6.42 Å². The topological polar surface area (TPSA) is 35.5 Å². The van der Waals surface area contributed by atoms with Gasteiger partial charge in [0.1, 0.15) is 0 Å². The lowest BCUT2D eigenvalue weighted by atomic mass is 9.93. The molecule has 22 heavy (non-hydrogen) atoms. The highest BCUT2D eigenvalue weighted by Gasteiger charge is 2.30. The lowest BCUT2D eigenvalue weighted by Gasteiger charge is -2.36. The molecule has 0 aromatic rings. The van der Waals surface area contributed by atoms with Crippen LogP contribution in [0.4, 0.5) is 13.2 Å². The Labute approximate surface area is 131 Å². The Morgan fingerprint density at radius 3 is 2.32 bits per heavy atom. The molecule has 1 heterocycles. The molecule has 0 aromatic heterocycles. The zero-order chi connectivity index (χ0) is 16.0. The van der Waals surface area contributed by atoms with Crippen LogP contribution in [0, 0.1) is 5.92 Å². The number of nitrogens with one attached hydrogen (secondary N) is 1. The Kier molecular flexibility index (Phi) is 6.96. The molecule has 2 fully saturated rings. The third-order valence-electron chi connectivity index (χ3n) is 5.14. The Hall–Kier alpha value is -0.330. The van der Waals surface area contributed by atoms with E-state index in [1.54, 1.807) is 0 Å². The van der Waals surface area contributed by atoms with Gasteiger partial charge in [0.25, 0.3) is 0 Å². The van der Waals surface area contributed by atoms with E-state index in [9.17, 15) is 18.3 Å². The first-order chi connectivity index (χ1) is 10.5. The molecule has 2 N–H and O–H groups in total. The van der Waals surface area contributed by atoms with Crippen LogP contribution in [-0.2, 0) is 0 Å². The van der Waals surface area contributed by atoms with Crippen molar-refractivity contribution in [2.24, 2.45) is 5.92 Å². The number of halogens is 3. The number of hydrogen-bond acceptors (Lipinski definition) is 3. The first kappa shape index (κ1) is 18.0. The van der Waals surface area contributed by atoms with Crippen LogP contribution in [0.3, 0.4) is 0 Å². The van der Waals surface area contributed by atoms with E-state index in [0.29, 0.717) is 18.0 Å². The molecule has 0 unspecified atom stereocenters. The van der Waals surface area contributed by atoms with E-state index in [4.69, 9.17) is 0 Å². The van der Waals surface area contributed by atoms with Crippen molar-refractivity contribution in [3.05, 3.63) is 0 Å². The summed E-state index contributed by atoms with van der Waals surface area (Å²) in [6.45, 7) is 1.84. The van der Waals surface area contributed by atoms with Gasteiger partial charge in [-0.2, -0.15) is 13.2 Å². The molecule has 3 nitrogen and oxygen atoms in total. The smallest absolute Gasteiger partial charge is 0.390 e. The SMILES string of the molecule is OC[C@@H]1CCCCC[C@@H]1NC1CCN(CCC(F)(F)F)CC1. The lowest BCUT2D eigenvalue weighted by Crippen LogP contribution is -2.49. The van der Waals surface area contributed by atoms with Gasteiger partial charge in [-0.3, -0.25) is 0 Å². The summed E-state index contributed by atoms with van der Waals surface area (Å²) in [5.41, 5.74) is 0. The summed E-state index contributed by atoms with van der Waals surface area (Å²) in [6, 6.07) is 0.763. The van der Waals surface area contributed by atoms with E-state index >= 15 is 0 Å². The number of rotatable bonds is 5. The zero-order valence-corrected chi connectivity index (χ0v) is 13.2. The number of aliphatic hydroxyl groups is 1. The number of piperidine rings is 1. The van der Waals surface area contributed by atoms with Crippen LogP contribution < -0.4 is 5.32 Å². The summed E-state index contributed by atoms with van der Waals surface area (Å²) in [5.74, 6) is 0.339. The molecule has 0 amide bonds. The largest absolute Gasteiger partial charge is 0.396 e. The quantitative estimate of drug-likeness (QED) is 0.764. The van der Waals surface area contributed by atoms with E-state index in [1.807, 2.05) is 4.90 Å². The highest BCUT2D eigenvalue weighted by molar-refractivity contribution is 4.85. The average molecular weight is 322 g/mol. The van der Waals surface area contributed by atoms with Crippen LogP contribution >= 0.6 is 0 Å². The van der Waals surface area contributed by atoms with E-state index < -0.39 is 12.6 Å². The minimum atomic E-state index is -4.05. The fraction of sp³-hybridized carbons (Fsp3) is 1.00. The van der Waals surface area contributed by atoms with Gasteiger partial charge in [0.15, 0.2) is 0 Å². The van der Waals surface area contributed by atoms with Crippen LogP contribution in [0.25, 0.3) is 0 Å². The van der Waals surface area contributed by atoms with Gasteiger partial charge in [-0.15, -0.1) is 0 Å². The van der Waals surface area contributed by atoms with E-state index in [1.165, 1.54) is 19.3 Å². The van der Waals surface area contributed by atoms with Gasteiger partial charge in [0.2, 0.25) is 0 Å². The normalized spacial score (nSPS) is 29.5. The molecule has 2 rings (SSSR count). The molecule has 130 valence electrons. The lowest BCUT2D eigenvalue weighted by molar-refractivity contribution is -0.138. The molecule has 1 saturated carbocycles. The van der Waals surface area contributed by atoms with Gasteiger partial charge in [-0.25, -0.2) is 0 Å². The second kappa shape index (κ2) is 8.50. The van der Waals surface area contributed by atoms with Crippen molar-refractivity contribution in [1.82, 2.24) is 10.2 Å². The number of alkyl halides is 3. The third-order valence-corrected chi connectivity index (χ3v) is 5.14. The summed E-state index contributed by atoms with van der Waals surface area (Å²) >= 11 is 0. The van der Waals surface area contributed by atoms with E-state index in [2.05, 4.69) is 5.32 Å². The van der Waals surface area contributed by atoms with Gasteiger partial charge in [-0.1, -0.05) is 19.3 Å². The standard InChI is InChI=1S/C16H29F3N2O/c17-16(18,19)8-11-21-9-6-14(7-10-21)20-15-5-3-1-2-4-13(15)12-22/h13-15,20,22H,1-12H2/t13-,15-/m0/s1. The monoisotopic (exact) mass is 322 g/mol. The first-order valence-electron chi connectivity index (χ1n) is 8.64. The molecule has 0 aromatic carbocycles. The van der Waals surface area contributed by atoms with Gasteiger partial charge >= 0.3 is 6.18 Å². The Balaban J connectivity index is 1.72. The van der Waals surface area contributed by atoms with Crippen molar-refractivity contribution in [3.8, 4) is 0 Å². The number of likely N-dealkylation sites (tertiary alicyclic amines) is 1. The molecule has 1 aliphatic carbocycles. The van der Waals surface area contributed by atoms with Crippen molar-refractivity contribution in [3.63, 3.8) is 0 Å². The highest BCUT2D eigenvalue weighted by Crippen LogP contribution is 2.25. The Morgan fingerprint density at radius 1 is 1.00 bits per heavy atom. The number of nitrogens with zero attached hydrogens (tertiary/aromatic N) is 1. The van der Waals surface area contributed by atoms with Gasteiger partial charge in [-0.05, 0) is 44.7 Å². The molecule has 2 atom stereocenters. The summed E-state index contributed by atoms with van der Waals surface area (Å²) in [7, 11) is 0. The summed E-state index contributed by atoms with van der Waals surface area (Å²) in [4.78, 5) is 1.92.